The van der Waals surface area contributed by atoms with Crippen LogP contribution in [0.5, 0.6) is 0 Å². The van der Waals surface area contributed by atoms with Gasteiger partial charge in [0.15, 0.2) is 0 Å². The van der Waals surface area contributed by atoms with E-state index in [9.17, 15) is 14.9 Å². The van der Waals surface area contributed by atoms with E-state index in [1.165, 1.54) is 6.07 Å². The maximum Gasteiger partial charge on any atom is 0.292 e. The number of carbonyl (C=O) groups excluding carboxylic acids is 1. The van der Waals surface area contributed by atoms with Crippen LogP contribution in [-0.4, -0.2) is 50.4 Å². The van der Waals surface area contributed by atoms with Crippen LogP contribution in [0.4, 0.5) is 11.4 Å². The molecule has 1 N–H and O–H groups in total. The number of nitrogens with one attached hydrogen (secondary N) is 1. The Bertz CT molecular complexity index is 1060. The van der Waals surface area contributed by atoms with Gasteiger partial charge in [-0.15, -0.1) is 5.10 Å². The van der Waals surface area contributed by atoms with Crippen LogP contribution in [0.3, 0.4) is 0 Å². The molecule has 1 amide bonds. The fraction of sp³-hybridized carbons (Fsp3) is 0.350. The Kier molecular flexibility index (Phi) is 5.22. The minimum Gasteiger partial charge on any atom is -0.319 e. The Hall–Kier alpha value is -3.33. The molecule has 0 atom stereocenters. The largest absolute Gasteiger partial charge is 0.319 e. The number of para-hydroxylation sites is 2. The van der Waals surface area contributed by atoms with Crippen molar-refractivity contribution in [3.63, 3.8) is 0 Å². The molecule has 1 saturated heterocycles. The van der Waals surface area contributed by atoms with Crippen LogP contribution in [0.1, 0.15) is 24.4 Å². The molecule has 1 aliphatic rings. The third kappa shape index (κ3) is 4.09. The van der Waals surface area contributed by atoms with Gasteiger partial charge in [0.2, 0.25) is 5.91 Å². The number of carbonyl (C=O) groups is 1. The highest BCUT2D eigenvalue weighted by Crippen LogP contribution is 2.26. The van der Waals surface area contributed by atoms with Gasteiger partial charge in [0.05, 0.1) is 23.0 Å². The van der Waals surface area contributed by atoms with Crippen LogP contribution in [-0.2, 0) is 4.79 Å². The second-order valence-electron chi connectivity index (χ2n) is 7.36. The van der Waals surface area contributed by atoms with E-state index in [-0.39, 0.29) is 29.9 Å². The number of hydrogen-bond donors (Lipinski definition) is 1. The molecule has 2 heterocycles. The summed E-state index contributed by atoms with van der Waals surface area (Å²) in [5.74, 6) is -0.251. The molecule has 150 valence electrons. The normalized spacial score (nSPS) is 15.5. The topological polar surface area (TPSA) is 106 Å². The standard InChI is InChI=1S/C20H22N6O3/c1-14-6-7-18-17(12-14)22-23-25(18)15-8-10-24(11-9-15)13-20(27)21-16-4-2-3-5-19(16)26(28)29/h2-7,12,15H,8-11,13H2,1H3,(H,21,27). The van der Waals surface area contributed by atoms with Gasteiger partial charge < -0.3 is 5.32 Å². The maximum absolute atomic E-state index is 12.4. The van der Waals surface area contributed by atoms with Crippen molar-refractivity contribution in [1.82, 2.24) is 19.9 Å². The first-order chi connectivity index (χ1) is 14.0. The van der Waals surface area contributed by atoms with Crippen molar-refractivity contribution >= 4 is 28.3 Å². The summed E-state index contributed by atoms with van der Waals surface area (Å²) in [4.78, 5) is 25.0. The lowest BCUT2D eigenvalue weighted by molar-refractivity contribution is -0.383. The fourth-order valence-corrected chi connectivity index (χ4v) is 3.77. The van der Waals surface area contributed by atoms with Gasteiger partial charge in [-0.05, 0) is 43.5 Å². The Morgan fingerprint density at radius 1 is 1.24 bits per heavy atom. The highest BCUT2D eigenvalue weighted by Gasteiger charge is 2.24. The first kappa shape index (κ1) is 19.0. The average Bonchev–Trinajstić information content (AvgIpc) is 3.11. The molecule has 4 rings (SSSR count). The van der Waals surface area contributed by atoms with E-state index >= 15 is 0 Å². The minimum atomic E-state index is -0.495. The summed E-state index contributed by atoms with van der Waals surface area (Å²) in [5.41, 5.74) is 3.21. The number of nitrogens with zero attached hydrogens (tertiary/aromatic N) is 5. The Morgan fingerprint density at radius 2 is 2.00 bits per heavy atom. The lowest BCUT2D eigenvalue weighted by atomic mass is 10.0. The third-order valence-corrected chi connectivity index (χ3v) is 5.27. The number of piperidine rings is 1. The number of aromatic nitrogens is 3. The summed E-state index contributed by atoms with van der Waals surface area (Å²) < 4.78 is 1.99. The fourth-order valence-electron chi connectivity index (χ4n) is 3.77. The number of nitro benzene ring substituents is 1. The lowest BCUT2D eigenvalue weighted by Crippen LogP contribution is -2.39. The second kappa shape index (κ2) is 7.96. The molecule has 29 heavy (non-hydrogen) atoms. The molecule has 0 saturated carbocycles. The molecular weight excluding hydrogens is 372 g/mol. The molecule has 0 bridgehead atoms. The van der Waals surface area contributed by atoms with E-state index in [1.807, 2.05) is 17.7 Å². The monoisotopic (exact) mass is 394 g/mol. The molecule has 2 aromatic carbocycles. The van der Waals surface area contributed by atoms with Gasteiger partial charge in [0.25, 0.3) is 5.69 Å². The van der Waals surface area contributed by atoms with Gasteiger partial charge >= 0.3 is 0 Å². The molecule has 0 unspecified atom stereocenters. The third-order valence-electron chi connectivity index (χ3n) is 5.27. The van der Waals surface area contributed by atoms with E-state index in [0.717, 1.165) is 42.5 Å². The number of aryl methyl sites for hydroxylation is 1. The van der Waals surface area contributed by atoms with Crippen LogP contribution in [0.15, 0.2) is 42.5 Å². The van der Waals surface area contributed by atoms with Crippen molar-refractivity contribution in [2.45, 2.75) is 25.8 Å². The molecular formula is C20H22N6O3. The number of rotatable bonds is 5. The van der Waals surface area contributed by atoms with Crippen LogP contribution >= 0.6 is 0 Å². The maximum atomic E-state index is 12.4. The van der Waals surface area contributed by atoms with Crippen molar-refractivity contribution in [2.75, 3.05) is 25.0 Å². The zero-order valence-electron chi connectivity index (χ0n) is 16.1. The molecule has 1 aromatic heterocycles. The van der Waals surface area contributed by atoms with Crippen LogP contribution < -0.4 is 5.32 Å². The van der Waals surface area contributed by atoms with Crippen molar-refractivity contribution in [1.29, 1.82) is 0 Å². The summed E-state index contributed by atoms with van der Waals surface area (Å²) in [7, 11) is 0. The van der Waals surface area contributed by atoms with Crippen LogP contribution in [0, 0.1) is 17.0 Å². The smallest absolute Gasteiger partial charge is 0.292 e. The second-order valence-corrected chi connectivity index (χ2v) is 7.36. The van der Waals surface area contributed by atoms with Crippen molar-refractivity contribution in [2.24, 2.45) is 0 Å². The molecule has 3 aromatic rings. The predicted octanol–water partition coefficient (Wildman–Crippen LogP) is 2.92. The highest BCUT2D eigenvalue weighted by molar-refractivity contribution is 5.94. The summed E-state index contributed by atoms with van der Waals surface area (Å²) in [6, 6.07) is 12.6. The zero-order valence-corrected chi connectivity index (χ0v) is 16.1. The van der Waals surface area contributed by atoms with Crippen molar-refractivity contribution < 1.29 is 9.72 Å². The zero-order chi connectivity index (χ0) is 20.4. The van der Waals surface area contributed by atoms with E-state index in [0.29, 0.717) is 0 Å². The lowest BCUT2D eigenvalue weighted by Gasteiger charge is -2.31. The van der Waals surface area contributed by atoms with Gasteiger partial charge in [0.1, 0.15) is 11.2 Å². The van der Waals surface area contributed by atoms with Gasteiger partial charge in [-0.2, -0.15) is 0 Å². The number of hydrogen-bond acceptors (Lipinski definition) is 6. The number of benzene rings is 2. The molecule has 9 nitrogen and oxygen atoms in total. The SMILES string of the molecule is Cc1ccc2c(c1)nnn2C1CCN(CC(=O)Nc2ccccc2[N+](=O)[O-])CC1. The van der Waals surface area contributed by atoms with E-state index < -0.39 is 4.92 Å². The van der Waals surface area contributed by atoms with Gasteiger partial charge in [-0.25, -0.2) is 4.68 Å². The first-order valence-corrected chi connectivity index (χ1v) is 9.58. The molecule has 1 aliphatic heterocycles. The van der Waals surface area contributed by atoms with E-state index in [1.54, 1.807) is 18.2 Å². The van der Waals surface area contributed by atoms with Gasteiger partial charge in [-0.1, -0.05) is 23.4 Å². The number of nitro groups is 1. The quantitative estimate of drug-likeness (QED) is 0.527. The van der Waals surface area contributed by atoms with E-state index in [4.69, 9.17) is 0 Å². The first-order valence-electron chi connectivity index (χ1n) is 9.58. The Morgan fingerprint density at radius 3 is 2.76 bits per heavy atom. The molecule has 1 fully saturated rings. The molecule has 0 radical (unpaired) electrons. The number of anilines is 1. The summed E-state index contributed by atoms with van der Waals surface area (Å²) in [5, 5.41) is 22.3. The van der Waals surface area contributed by atoms with Crippen LogP contribution in [0.2, 0.25) is 0 Å². The summed E-state index contributed by atoms with van der Waals surface area (Å²) >= 11 is 0. The highest BCUT2D eigenvalue weighted by atomic mass is 16.6. The Balaban J connectivity index is 1.35. The number of amides is 1. The molecule has 0 spiro atoms. The number of likely N-dealkylation sites (tertiary alicyclic amines) is 1. The minimum absolute atomic E-state index is 0.104. The van der Waals surface area contributed by atoms with Gasteiger partial charge in [0, 0.05) is 19.2 Å². The number of fused-ring (bicyclic) bond motifs is 1. The molecule has 9 heteroatoms. The Labute approximate surface area is 167 Å². The van der Waals surface area contributed by atoms with Gasteiger partial charge in [-0.3, -0.25) is 19.8 Å². The van der Waals surface area contributed by atoms with Crippen molar-refractivity contribution in [3.8, 4) is 0 Å². The average molecular weight is 394 g/mol. The van der Waals surface area contributed by atoms with Crippen LogP contribution in [0.25, 0.3) is 11.0 Å². The molecule has 0 aliphatic carbocycles. The summed E-state index contributed by atoms with van der Waals surface area (Å²) in [6.45, 7) is 3.74. The predicted molar refractivity (Wildman–Crippen MR) is 109 cm³/mol. The van der Waals surface area contributed by atoms with Crippen molar-refractivity contribution in [3.05, 3.63) is 58.1 Å². The summed E-state index contributed by atoms with van der Waals surface area (Å²) in [6.07, 6.45) is 1.73. The van der Waals surface area contributed by atoms with E-state index in [2.05, 4.69) is 32.7 Å².